The molecule has 0 aliphatic rings. The maximum Gasteiger partial charge on any atom is 0.157 e. The van der Waals surface area contributed by atoms with Crippen LogP contribution in [0.25, 0.3) is 0 Å². The van der Waals surface area contributed by atoms with Crippen LogP contribution in [0.15, 0.2) is 40.6 Å². The quantitative estimate of drug-likeness (QED) is 0.520. The predicted molar refractivity (Wildman–Crippen MR) is 51.1 cm³/mol. The lowest BCUT2D eigenvalue weighted by Crippen LogP contribution is -1.85. The van der Waals surface area contributed by atoms with Crippen molar-refractivity contribution in [3.05, 3.63) is 30.3 Å². The Kier molecular flexibility index (Phi) is 4.10. The second-order valence-corrected chi connectivity index (χ2v) is 2.10. The van der Waals surface area contributed by atoms with Crippen LogP contribution in [-0.2, 0) is 4.84 Å². The van der Waals surface area contributed by atoms with Gasteiger partial charge in [-0.05, 0) is 12.1 Å². The van der Waals surface area contributed by atoms with Gasteiger partial charge in [0.05, 0.1) is 12.4 Å². The van der Waals surface area contributed by atoms with Crippen LogP contribution in [0.3, 0.4) is 0 Å². The van der Waals surface area contributed by atoms with Gasteiger partial charge in [-0.3, -0.25) is 0 Å². The van der Waals surface area contributed by atoms with E-state index in [9.17, 15) is 0 Å². The summed E-state index contributed by atoms with van der Waals surface area (Å²) < 4.78 is 0. The van der Waals surface area contributed by atoms with Gasteiger partial charge in [-0.2, -0.15) is 0 Å². The molecule has 0 bridgehead atoms. The van der Waals surface area contributed by atoms with E-state index in [-0.39, 0.29) is 0 Å². The Morgan fingerprint density at radius 2 is 1.77 bits per heavy atom. The molecule has 0 unspecified atom stereocenters. The first-order valence-corrected chi connectivity index (χ1v) is 3.74. The van der Waals surface area contributed by atoms with Gasteiger partial charge < -0.3 is 9.68 Å². The van der Waals surface area contributed by atoms with Crippen LogP contribution in [0.1, 0.15) is 0 Å². The summed E-state index contributed by atoms with van der Waals surface area (Å²) in [5.41, 5.74) is 0. The highest BCUT2D eigenvalue weighted by Gasteiger charge is 1.85. The first-order valence-electron chi connectivity index (χ1n) is 3.74. The molecule has 0 saturated heterocycles. The molecule has 0 heterocycles. The average molecular weight is 178 g/mol. The second-order valence-electron chi connectivity index (χ2n) is 2.10. The van der Waals surface area contributed by atoms with E-state index in [0.717, 1.165) is 0 Å². The molecule has 68 valence electrons. The lowest BCUT2D eigenvalue weighted by molar-refractivity contribution is 0.216. The zero-order chi connectivity index (χ0) is 9.36. The van der Waals surface area contributed by atoms with Crippen molar-refractivity contribution in [2.75, 3.05) is 7.11 Å². The molecule has 0 fully saturated rings. The highest BCUT2D eigenvalue weighted by atomic mass is 16.6. The van der Waals surface area contributed by atoms with Crippen LogP contribution in [0.5, 0.6) is 5.75 Å². The van der Waals surface area contributed by atoms with E-state index >= 15 is 0 Å². The highest BCUT2D eigenvalue weighted by molar-refractivity contribution is 6.15. The maximum absolute atomic E-state index is 4.98. The molecule has 0 aromatic heterocycles. The highest BCUT2D eigenvalue weighted by Crippen LogP contribution is 2.07. The summed E-state index contributed by atoms with van der Waals surface area (Å²) in [5, 5.41) is 7.07. The Balaban J connectivity index is 2.35. The second kappa shape index (κ2) is 5.77. The normalized spacial score (nSPS) is 10.8. The van der Waals surface area contributed by atoms with Gasteiger partial charge in [-0.25, -0.2) is 0 Å². The smallest absolute Gasteiger partial charge is 0.157 e. The van der Waals surface area contributed by atoms with Gasteiger partial charge in [-0.1, -0.05) is 28.5 Å². The van der Waals surface area contributed by atoms with Gasteiger partial charge in [-0.15, -0.1) is 0 Å². The van der Waals surface area contributed by atoms with Crippen LogP contribution in [0, 0.1) is 0 Å². The maximum atomic E-state index is 4.98. The summed E-state index contributed by atoms with van der Waals surface area (Å²) in [6.07, 6.45) is 2.79. The van der Waals surface area contributed by atoms with Gasteiger partial charge in [0.2, 0.25) is 0 Å². The van der Waals surface area contributed by atoms with Crippen LogP contribution in [-0.4, -0.2) is 19.5 Å². The van der Waals surface area contributed by atoms with Crippen molar-refractivity contribution in [1.82, 2.24) is 0 Å². The lowest BCUT2D eigenvalue weighted by Gasteiger charge is -1.94. The molecule has 4 heteroatoms. The standard InChI is InChI=1S/C9H10N2O2/c1-12-10-7-8-11-13-9-5-3-2-4-6-9/h2-8H,1H3/b10-7+,11-8+. The molecule has 1 aromatic rings. The monoisotopic (exact) mass is 178 g/mol. The molecule has 1 aromatic carbocycles. The number of para-hydroxylation sites is 1. The molecular weight excluding hydrogens is 168 g/mol. The topological polar surface area (TPSA) is 43.2 Å². The van der Waals surface area contributed by atoms with E-state index in [1.807, 2.05) is 30.3 Å². The van der Waals surface area contributed by atoms with E-state index in [0.29, 0.717) is 5.75 Å². The summed E-state index contributed by atoms with van der Waals surface area (Å²) in [5.74, 6) is 0.685. The van der Waals surface area contributed by atoms with E-state index in [2.05, 4.69) is 15.1 Å². The van der Waals surface area contributed by atoms with Gasteiger partial charge in [0.25, 0.3) is 0 Å². The molecule has 0 amide bonds. The summed E-state index contributed by atoms with van der Waals surface area (Å²) in [7, 11) is 1.46. The fourth-order valence-corrected chi connectivity index (χ4v) is 0.688. The Morgan fingerprint density at radius 3 is 2.46 bits per heavy atom. The fraction of sp³-hybridized carbons (Fsp3) is 0.111. The summed E-state index contributed by atoms with van der Waals surface area (Å²) in [6, 6.07) is 9.26. The minimum Gasteiger partial charge on any atom is -0.399 e. The Bertz CT molecular complexity index is 283. The largest absolute Gasteiger partial charge is 0.399 e. The molecule has 1 rings (SSSR count). The van der Waals surface area contributed by atoms with Gasteiger partial charge >= 0.3 is 0 Å². The van der Waals surface area contributed by atoms with Crippen molar-refractivity contribution < 1.29 is 9.68 Å². The number of hydrogen-bond donors (Lipinski definition) is 0. The van der Waals surface area contributed by atoms with Gasteiger partial charge in [0.15, 0.2) is 5.75 Å². The van der Waals surface area contributed by atoms with Crippen LogP contribution < -0.4 is 4.84 Å². The summed E-state index contributed by atoms with van der Waals surface area (Å²) in [4.78, 5) is 9.39. The minimum atomic E-state index is 0.685. The fourth-order valence-electron chi connectivity index (χ4n) is 0.688. The average Bonchev–Trinajstić information content (AvgIpc) is 2.19. The molecule has 0 aliphatic carbocycles. The third-order valence-electron chi connectivity index (χ3n) is 1.20. The summed E-state index contributed by atoms with van der Waals surface area (Å²) in [6.45, 7) is 0. The molecule has 0 N–H and O–H groups in total. The summed E-state index contributed by atoms with van der Waals surface area (Å²) >= 11 is 0. The van der Waals surface area contributed by atoms with Crippen molar-refractivity contribution in [1.29, 1.82) is 0 Å². The van der Waals surface area contributed by atoms with E-state index in [1.165, 1.54) is 19.5 Å². The molecule has 0 aliphatic heterocycles. The van der Waals surface area contributed by atoms with Crippen molar-refractivity contribution >= 4 is 12.4 Å². The first kappa shape index (κ1) is 9.25. The molecule has 4 nitrogen and oxygen atoms in total. The molecule has 13 heavy (non-hydrogen) atoms. The molecule has 0 saturated carbocycles. The molecule has 0 spiro atoms. The molecule has 0 radical (unpaired) electrons. The molecular formula is C9H10N2O2. The number of oxime groups is 2. The zero-order valence-electron chi connectivity index (χ0n) is 7.25. The lowest BCUT2D eigenvalue weighted by atomic mass is 10.3. The van der Waals surface area contributed by atoms with Crippen molar-refractivity contribution in [2.45, 2.75) is 0 Å². The van der Waals surface area contributed by atoms with E-state index in [4.69, 9.17) is 4.84 Å². The van der Waals surface area contributed by atoms with Crippen molar-refractivity contribution in [2.24, 2.45) is 10.3 Å². The van der Waals surface area contributed by atoms with Gasteiger partial charge in [0.1, 0.15) is 7.11 Å². The first-order chi connectivity index (χ1) is 6.43. The number of benzene rings is 1. The molecule has 0 atom stereocenters. The Morgan fingerprint density at radius 1 is 1.08 bits per heavy atom. The third-order valence-corrected chi connectivity index (χ3v) is 1.20. The third kappa shape index (κ3) is 3.91. The zero-order valence-corrected chi connectivity index (χ0v) is 7.25. The Hall–Kier alpha value is -1.84. The van der Waals surface area contributed by atoms with Crippen LogP contribution in [0.4, 0.5) is 0 Å². The van der Waals surface area contributed by atoms with E-state index < -0.39 is 0 Å². The Labute approximate surface area is 76.5 Å². The van der Waals surface area contributed by atoms with E-state index in [1.54, 1.807) is 0 Å². The number of hydrogen-bond acceptors (Lipinski definition) is 4. The number of nitrogens with zero attached hydrogens (tertiary/aromatic N) is 2. The van der Waals surface area contributed by atoms with Crippen molar-refractivity contribution in [3.63, 3.8) is 0 Å². The van der Waals surface area contributed by atoms with Gasteiger partial charge in [0, 0.05) is 0 Å². The predicted octanol–water partition coefficient (Wildman–Crippen LogP) is 1.68. The van der Waals surface area contributed by atoms with Crippen molar-refractivity contribution in [3.8, 4) is 5.75 Å². The minimum absolute atomic E-state index is 0.685. The van der Waals surface area contributed by atoms with Crippen LogP contribution >= 0.6 is 0 Å². The van der Waals surface area contributed by atoms with Crippen LogP contribution in [0.2, 0.25) is 0 Å². The SMILES string of the molecule is CO/N=C/C=N/Oc1ccccc1. The number of rotatable bonds is 4.